The number of ketones is 1. The zero-order valence-corrected chi connectivity index (χ0v) is 20.8. The molecule has 1 aliphatic heterocycles. The van der Waals surface area contributed by atoms with Crippen LogP contribution in [0.1, 0.15) is 29.7 Å². The summed E-state index contributed by atoms with van der Waals surface area (Å²) in [5.74, 6) is -1.33. The monoisotopic (exact) mass is 490 g/mol. The van der Waals surface area contributed by atoms with E-state index in [4.69, 9.17) is 16.3 Å². The fourth-order valence-electron chi connectivity index (χ4n) is 4.16. The summed E-state index contributed by atoms with van der Waals surface area (Å²) in [6.07, 6.45) is 0. The molecule has 1 fully saturated rings. The van der Waals surface area contributed by atoms with E-state index in [0.717, 1.165) is 11.3 Å². The Labute approximate surface area is 210 Å². The van der Waals surface area contributed by atoms with Crippen LogP contribution < -0.4 is 14.5 Å². The highest BCUT2D eigenvalue weighted by atomic mass is 35.5. The van der Waals surface area contributed by atoms with E-state index >= 15 is 0 Å². The first-order chi connectivity index (χ1) is 16.7. The smallest absolute Gasteiger partial charge is 0.300 e. The van der Waals surface area contributed by atoms with E-state index in [2.05, 4.69) is 0 Å². The SMILES string of the molecule is CCOc1ccc(Cl)c(/C(O)=C2\C(=O)C(=O)N(c3ccc(C)cc3)C2c2ccc(N(C)C)cc2)c1. The van der Waals surface area contributed by atoms with E-state index in [0.29, 0.717) is 23.6 Å². The Morgan fingerprint density at radius 1 is 1.03 bits per heavy atom. The second-order valence-electron chi connectivity index (χ2n) is 8.57. The first-order valence-electron chi connectivity index (χ1n) is 11.3. The zero-order chi connectivity index (χ0) is 25.3. The number of nitrogens with zero attached hydrogens (tertiary/aromatic N) is 2. The molecule has 4 rings (SSSR count). The van der Waals surface area contributed by atoms with Crippen LogP contribution in [0.25, 0.3) is 5.76 Å². The van der Waals surface area contributed by atoms with Crippen LogP contribution in [0.5, 0.6) is 5.75 Å². The molecule has 3 aromatic carbocycles. The lowest BCUT2D eigenvalue weighted by molar-refractivity contribution is -0.132. The molecular formula is C28H27ClN2O4. The summed E-state index contributed by atoms with van der Waals surface area (Å²) >= 11 is 6.41. The predicted molar refractivity (Wildman–Crippen MR) is 139 cm³/mol. The fraction of sp³-hybridized carbons (Fsp3) is 0.214. The van der Waals surface area contributed by atoms with Gasteiger partial charge >= 0.3 is 0 Å². The lowest BCUT2D eigenvalue weighted by Gasteiger charge is -2.26. The van der Waals surface area contributed by atoms with Gasteiger partial charge in [0.1, 0.15) is 11.5 Å². The molecule has 1 N–H and O–H groups in total. The molecule has 0 bridgehead atoms. The molecule has 1 aliphatic rings. The largest absolute Gasteiger partial charge is 0.507 e. The summed E-state index contributed by atoms with van der Waals surface area (Å²) < 4.78 is 5.55. The number of carbonyl (C=O) groups excluding carboxylic acids is 2. The highest BCUT2D eigenvalue weighted by Gasteiger charge is 2.47. The molecule has 1 atom stereocenters. The summed E-state index contributed by atoms with van der Waals surface area (Å²) in [6.45, 7) is 4.22. The normalized spacial score (nSPS) is 17.1. The number of carbonyl (C=O) groups is 2. The number of amides is 1. The molecule has 180 valence electrons. The Hall–Kier alpha value is -3.77. The number of hydrogen-bond donors (Lipinski definition) is 1. The van der Waals surface area contributed by atoms with Gasteiger partial charge in [-0.2, -0.15) is 0 Å². The minimum absolute atomic E-state index is 0.0243. The maximum Gasteiger partial charge on any atom is 0.300 e. The van der Waals surface area contributed by atoms with Gasteiger partial charge in [0, 0.05) is 31.0 Å². The molecule has 0 saturated carbocycles. The average Bonchev–Trinajstić information content (AvgIpc) is 3.11. The van der Waals surface area contributed by atoms with Crippen LogP contribution >= 0.6 is 11.6 Å². The molecule has 1 saturated heterocycles. The van der Waals surface area contributed by atoms with Gasteiger partial charge in [-0.3, -0.25) is 14.5 Å². The Morgan fingerprint density at radius 3 is 2.29 bits per heavy atom. The van der Waals surface area contributed by atoms with Gasteiger partial charge in [0.15, 0.2) is 0 Å². The van der Waals surface area contributed by atoms with Crippen molar-refractivity contribution < 1.29 is 19.4 Å². The summed E-state index contributed by atoms with van der Waals surface area (Å²) in [5.41, 5.74) is 3.45. The number of rotatable bonds is 6. The van der Waals surface area contributed by atoms with Crippen LogP contribution in [0.4, 0.5) is 11.4 Å². The summed E-state index contributed by atoms with van der Waals surface area (Å²) in [6, 6.07) is 18.9. The summed E-state index contributed by atoms with van der Waals surface area (Å²) in [5, 5.41) is 11.6. The standard InChI is InChI=1S/C28H27ClN2O4/c1-5-35-21-14-15-23(29)22(16-21)26(32)24-25(18-8-12-19(13-9-18)30(3)4)31(28(34)27(24)33)20-10-6-17(2)7-11-20/h6-16,25,32H,5H2,1-4H3/b26-24+. The number of aliphatic hydroxyl groups is 1. The van der Waals surface area contributed by atoms with Gasteiger partial charge < -0.3 is 14.7 Å². The van der Waals surface area contributed by atoms with E-state index in [1.54, 1.807) is 30.3 Å². The quantitative estimate of drug-likeness (QED) is 0.271. The van der Waals surface area contributed by atoms with Gasteiger partial charge in [-0.1, -0.05) is 41.4 Å². The molecule has 0 radical (unpaired) electrons. The highest BCUT2D eigenvalue weighted by Crippen LogP contribution is 2.43. The molecule has 0 spiro atoms. The molecule has 0 aromatic heterocycles. The minimum atomic E-state index is -0.833. The van der Waals surface area contributed by atoms with Gasteiger partial charge in [0.25, 0.3) is 11.7 Å². The van der Waals surface area contributed by atoms with E-state index in [9.17, 15) is 14.7 Å². The number of Topliss-reactive ketones (excluding diaryl/α,β-unsaturated/α-hetero) is 1. The van der Waals surface area contributed by atoms with Crippen molar-refractivity contribution in [2.45, 2.75) is 19.9 Å². The van der Waals surface area contributed by atoms with Gasteiger partial charge in [-0.05, 0) is 61.9 Å². The Morgan fingerprint density at radius 2 is 1.69 bits per heavy atom. The van der Waals surface area contributed by atoms with Crippen LogP contribution in [0.15, 0.2) is 72.3 Å². The van der Waals surface area contributed by atoms with Crippen molar-refractivity contribution in [3.05, 3.63) is 94.0 Å². The van der Waals surface area contributed by atoms with Gasteiger partial charge in [-0.15, -0.1) is 0 Å². The van der Waals surface area contributed by atoms with E-state index < -0.39 is 17.7 Å². The maximum atomic E-state index is 13.4. The average molecular weight is 491 g/mol. The maximum absolute atomic E-state index is 13.4. The van der Waals surface area contributed by atoms with Crippen molar-refractivity contribution in [2.75, 3.05) is 30.5 Å². The molecule has 6 nitrogen and oxygen atoms in total. The molecule has 0 aliphatic carbocycles. The number of benzene rings is 3. The third kappa shape index (κ3) is 4.62. The number of aliphatic hydroxyl groups excluding tert-OH is 1. The second kappa shape index (κ2) is 9.84. The summed E-state index contributed by atoms with van der Waals surface area (Å²) in [7, 11) is 3.86. The van der Waals surface area contributed by atoms with Crippen molar-refractivity contribution in [1.82, 2.24) is 0 Å². The minimum Gasteiger partial charge on any atom is -0.507 e. The first kappa shape index (κ1) is 24.4. The Balaban J connectivity index is 1.93. The highest BCUT2D eigenvalue weighted by molar-refractivity contribution is 6.52. The van der Waals surface area contributed by atoms with E-state index in [1.807, 2.05) is 69.2 Å². The Kier molecular flexibility index (Phi) is 6.85. The third-order valence-electron chi connectivity index (χ3n) is 5.99. The molecular weight excluding hydrogens is 464 g/mol. The molecule has 1 unspecified atom stereocenters. The fourth-order valence-corrected chi connectivity index (χ4v) is 4.37. The van der Waals surface area contributed by atoms with Gasteiger partial charge in [-0.25, -0.2) is 0 Å². The number of hydrogen-bond acceptors (Lipinski definition) is 5. The second-order valence-corrected chi connectivity index (χ2v) is 8.97. The lowest BCUT2D eigenvalue weighted by atomic mass is 9.94. The third-order valence-corrected chi connectivity index (χ3v) is 6.32. The van der Waals surface area contributed by atoms with Gasteiger partial charge in [0.2, 0.25) is 0 Å². The van der Waals surface area contributed by atoms with Crippen LogP contribution in [-0.4, -0.2) is 37.5 Å². The number of ether oxygens (including phenoxy) is 1. The predicted octanol–water partition coefficient (Wildman–Crippen LogP) is 5.74. The van der Waals surface area contributed by atoms with Crippen molar-refractivity contribution in [2.24, 2.45) is 0 Å². The zero-order valence-electron chi connectivity index (χ0n) is 20.1. The Bertz CT molecular complexity index is 1300. The molecule has 35 heavy (non-hydrogen) atoms. The lowest BCUT2D eigenvalue weighted by Crippen LogP contribution is -2.29. The van der Waals surface area contributed by atoms with Crippen molar-refractivity contribution >= 4 is 40.4 Å². The molecule has 7 heteroatoms. The van der Waals surface area contributed by atoms with E-state index in [1.165, 1.54) is 4.90 Å². The van der Waals surface area contributed by atoms with Crippen molar-refractivity contribution in [3.63, 3.8) is 0 Å². The van der Waals surface area contributed by atoms with E-state index in [-0.39, 0.29) is 21.9 Å². The van der Waals surface area contributed by atoms with Crippen molar-refractivity contribution in [1.29, 1.82) is 0 Å². The van der Waals surface area contributed by atoms with Crippen LogP contribution in [0.3, 0.4) is 0 Å². The molecule has 1 heterocycles. The topological polar surface area (TPSA) is 70.1 Å². The number of anilines is 2. The molecule has 3 aromatic rings. The molecule has 1 amide bonds. The van der Waals surface area contributed by atoms with Crippen LogP contribution in [0.2, 0.25) is 5.02 Å². The summed E-state index contributed by atoms with van der Waals surface area (Å²) in [4.78, 5) is 30.1. The van der Waals surface area contributed by atoms with Crippen LogP contribution in [-0.2, 0) is 9.59 Å². The number of aryl methyl sites for hydroxylation is 1. The number of halogens is 1. The van der Waals surface area contributed by atoms with Crippen molar-refractivity contribution in [3.8, 4) is 5.75 Å². The first-order valence-corrected chi connectivity index (χ1v) is 11.7. The van der Waals surface area contributed by atoms with Gasteiger partial charge in [0.05, 0.1) is 23.2 Å². The van der Waals surface area contributed by atoms with Crippen LogP contribution in [0, 0.1) is 6.92 Å².